The number of aliphatic carboxylic acids is 1. The van der Waals surface area contributed by atoms with Gasteiger partial charge in [0.05, 0.1) is 17.6 Å². The molecule has 1 aromatic carbocycles. The number of halogens is 1. The number of hydrogen-bond donors (Lipinski definition) is 2. The monoisotopic (exact) mass is 338 g/mol. The number of carboxylic acid groups (broad SMARTS) is 1. The van der Waals surface area contributed by atoms with Crippen LogP contribution in [0.3, 0.4) is 0 Å². The smallest absolute Gasteiger partial charge is 0.334 e. The van der Waals surface area contributed by atoms with E-state index < -0.39 is 11.5 Å². The van der Waals surface area contributed by atoms with Crippen LogP contribution < -0.4 is 5.32 Å². The summed E-state index contributed by atoms with van der Waals surface area (Å²) in [5.74, 6) is -1.49. The highest BCUT2D eigenvalue weighted by Gasteiger charge is 2.40. The average molecular weight is 339 g/mol. The maximum Gasteiger partial charge on any atom is 0.334 e. The van der Waals surface area contributed by atoms with E-state index in [-0.39, 0.29) is 18.7 Å². The molecule has 2 rings (SSSR count). The number of carboxylic acids is 1. The molecule has 1 unspecified atom stereocenters. The van der Waals surface area contributed by atoms with Gasteiger partial charge in [-0.25, -0.2) is 9.78 Å². The Kier molecular flexibility index (Phi) is 5.15. The Bertz CT molecular complexity index is 658. The molecule has 22 heavy (non-hydrogen) atoms. The normalized spacial score (nSPS) is 13.4. The topological polar surface area (TPSA) is 79.3 Å². The molecule has 2 aromatic rings. The number of thiazole rings is 1. The first kappa shape index (κ1) is 16.5. The number of benzene rings is 1. The number of nitrogens with one attached hydrogen (secondary N) is 1. The summed E-state index contributed by atoms with van der Waals surface area (Å²) >= 11 is 7.23. The van der Waals surface area contributed by atoms with Gasteiger partial charge in [0, 0.05) is 10.4 Å². The largest absolute Gasteiger partial charge is 0.479 e. The molecule has 0 aliphatic carbocycles. The van der Waals surface area contributed by atoms with Gasteiger partial charge in [-0.3, -0.25) is 4.79 Å². The second-order valence-corrected chi connectivity index (χ2v) is 5.93. The van der Waals surface area contributed by atoms with Crippen molar-refractivity contribution in [2.75, 3.05) is 0 Å². The van der Waals surface area contributed by atoms with Gasteiger partial charge >= 0.3 is 5.97 Å². The summed E-state index contributed by atoms with van der Waals surface area (Å²) in [5, 5.41) is 14.6. The third-order valence-electron chi connectivity index (χ3n) is 3.41. The lowest BCUT2D eigenvalue weighted by Gasteiger charge is -2.30. The fraction of sp³-hybridized carbons (Fsp3) is 0.267. The molecule has 1 aromatic heterocycles. The van der Waals surface area contributed by atoms with Crippen molar-refractivity contribution in [1.82, 2.24) is 10.3 Å². The van der Waals surface area contributed by atoms with Crippen LogP contribution in [0.1, 0.15) is 24.6 Å². The van der Waals surface area contributed by atoms with Crippen LogP contribution in [0.4, 0.5) is 0 Å². The Labute approximate surface area is 137 Å². The molecule has 0 saturated carbocycles. The lowest BCUT2D eigenvalue weighted by molar-refractivity contribution is -0.148. The zero-order valence-electron chi connectivity index (χ0n) is 11.9. The molecule has 116 valence electrons. The molecule has 2 N–H and O–H groups in total. The highest BCUT2D eigenvalue weighted by molar-refractivity contribution is 7.07. The standard InChI is InChI=1S/C15H15ClN2O3S/c1-2-15(14(20)21,10-3-5-11(16)6-4-10)18-13(19)7-12-8-22-9-17-12/h3-6,8-9H,2,7H2,1H3,(H,18,19)(H,20,21). The van der Waals surface area contributed by atoms with E-state index in [4.69, 9.17) is 11.6 Å². The van der Waals surface area contributed by atoms with Gasteiger partial charge in [-0.2, -0.15) is 0 Å². The van der Waals surface area contributed by atoms with Crippen LogP contribution in [0.2, 0.25) is 5.02 Å². The van der Waals surface area contributed by atoms with Crippen LogP contribution in [0.5, 0.6) is 0 Å². The van der Waals surface area contributed by atoms with E-state index in [1.807, 2.05) is 0 Å². The average Bonchev–Trinajstić information content (AvgIpc) is 2.98. The van der Waals surface area contributed by atoms with E-state index in [1.165, 1.54) is 11.3 Å². The lowest BCUT2D eigenvalue weighted by Crippen LogP contribution is -2.52. The quantitative estimate of drug-likeness (QED) is 0.848. The van der Waals surface area contributed by atoms with Crippen molar-refractivity contribution in [3.05, 3.63) is 51.4 Å². The molecule has 0 fully saturated rings. The summed E-state index contributed by atoms with van der Waals surface area (Å²) < 4.78 is 0. The van der Waals surface area contributed by atoms with Crippen molar-refractivity contribution in [3.63, 3.8) is 0 Å². The summed E-state index contributed by atoms with van der Waals surface area (Å²) in [7, 11) is 0. The summed E-state index contributed by atoms with van der Waals surface area (Å²) in [6, 6.07) is 6.44. The molecule has 7 heteroatoms. The molecule has 0 aliphatic rings. The minimum Gasteiger partial charge on any atom is -0.479 e. The Balaban J connectivity index is 2.27. The summed E-state index contributed by atoms with van der Waals surface area (Å²) in [5.41, 5.74) is 1.26. The highest BCUT2D eigenvalue weighted by Crippen LogP contribution is 2.27. The summed E-state index contributed by atoms with van der Waals surface area (Å²) in [6.45, 7) is 1.71. The van der Waals surface area contributed by atoms with Crippen LogP contribution in [0.25, 0.3) is 0 Å². The van der Waals surface area contributed by atoms with Crippen molar-refractivity contribution in [2.24, 2.45) is 0 Å². The molecule has 1 heterocycles. The van der Waals surface area contributed by atoms with Crippen LogP contribution >= 0.6 is 22.9 Å². The first-order valence-corrected chi connectivity index (χ1v) is 7.97. The Hall–Kier alpha value is -1.92. The number of carbonyl (C=O) groups excluding carboxylic acids is 1. The van der Waals surface area contributed by atoms with Gasteiger partial charge in [-0.05, 0) is 24.1 Å². The number of rotatable bonds is 6. The third-order valence-corrected chi connectivity index (χ3v) is 4.30. The van der Waals surface area contributed by atoms with Crippen LogP contribution in [-0.2, 0) is 21.5 Å². The Morgan fingerprint density at radius 1 is 1.36 bits per heavy atom. The van der Waals surface area contributed by atoms with Gasteiger partial charge in [-0.15, -0.1) is 11.3 Å². The van der Waals surface area contributed by atoms with Crippen LogP contribution in [0, 0.1) is 0 Å². The van der Waals surface area contributed by atoms with Gasteiger partial charge in [0.15, 0.2) is 5.54 Å². The van der Waals surface area contributed by atoms with Gasteiger partial charge in [0.1, 0.15) is 0 Å². The van der Waals surface area contributed by atoms with Crippen molar-refractivity contribution >= 4 is 34.8 Å². The zero-order chi connectivity index (χ0) is 16.2. The van der Waals surface area contributed by atoms with E-state index >= 15 is 0 Å². The predicted molar refractivity (Wildman–Crippen MR) is 85.0 cm³/mol. The lowest BCUT2D eigenvalue weighted by atomic mass is 9.87. The second kappa shape index (κ2) is 6.89. The van der Waals surface area contributed by atoms with E-state index in [0.29, 0.717) is 16.3 Å². The molecule has 0 bridgehead atoms. The molecule has 1 amide bonds. The van der Waals surface area contributed by atoms with E-state index in [2.05, 4.69) is 10.3 Å². The number of nitrogens with zero attached hydrogens (tertiary/aromatic N) is 1. The van der Waals surface area contributed by atoms with E-state index in [1.54, 1.807) is 42.1 Å². The number of carbonyl (C=O) groups is 2. The van der Waals surface area contributed by atoms with Crippen molar-refractivity contribution in [3.8, 4) is 0 Å². The Morgan fingerprint density at radius 3 is 2.55 bits per heavy atom. The number of hydrogen-bond acceptors (Lipinski definition) is 4. The van der Waals surface area contributed by atoms with Gasteiger partial charge in [0.2, 0.25) is 5.91 Å². The van der Waals surface area contributed by atoms with Crippen LogP contribution in [-0.4, -0.2) is 22.0 Å². The predicted octanol–water partition coefficient (Wildman–Crippen LogP) is 2.85. The maximum absolute atomic E-state index is 12.2. The van der Waals surface area contributed by atoms with Crippen molar-refractivity contribution in [1.29, 1.82) is 0 Å². The molecular formula is C15H15ClN2O3S. The SMILES string of the molecule is CCC(NC(=O)Cc1cscn1)(C(=O)O)c1ccc(Cl)cc1. The highest BCUT2D eigenvalue weighted by atomic mass is 35.5. The number of aromatic nitrogens is 1. The fourth-order valence-electron chi connectivity index (χ4n) is 2.20. The number of amides is 1. The molecule has 1 atom stereocenters. The third kappa shape index (κ3) is 3.45. The molecule has 0 saturated heterocycles. The van der Waals surface area contributed by atoms with Gasteiger partial charge < -0.3 is 10.4 Å². The molecule has 5 nitrogen and oxygen atoms in total. The Morgan fingerprint density at radius 2 is 2.05 bits per heavy atom. The molecule has 0 aliphatic heterocycles. The summed E-state index contributed by atoms with van der Waals surface area (Å²) in [4.78, 5) is 28.0. The molecular weight excluding hydrogens is 324 g/mol. The van der Waals surface area contributed by atoms with E-state index in [9.17, 15) is 14.7 Å². The minimum atomic E-state index is -1.47. The van der Waals surface area contributed by atoms with Crippen LogP contribution in [0.15, 0.2) is 35.2 Å². The fourth-order valence-corrected chi connectivity index (χ4v) is 2.88. The van der Waals surface area contributed by atoms with Crippen molar-refractivity contribution in [2.45, 2.75) is 25.3 Å². The maximum atomic E-state index is 12.2. The molecule has 0 spiro atoms. The molecule has 0 radical (unpaired) electrons. The first-order valence-electron chi connectivity index (χ1n) is 6.65. The van der Waals surface area contributed by atoms with E-state index in [0.717, 1.165) is 0 Å². The second-order valence-electron chi connectivity index (χ2n) is 4.78. The minimum absolute atomic E-state index is 0.0477. The summed E-state index contributed by atoms with van der Waals surface area (Å²) in [6.07, 6.45) is 0.263. The van der Waals surface area contributed by atoms with Crippen molar-refractivity contribution < 1.29 is 14.7 Å². The van der Waals surface area contributed by atoms with Gasteiger partial charge in [0.25, 0.3) is 0 Å². The first-order chi connectivity index (χ1) is 10.5. The zero-order valence-corrected chi connectivity index (χ0v) is 13.4. The van der Waals surface area contributed by atoms with Gasteiger partial charge in [-0.1, -0.05) is 30.7 Å².